The van der Waals surface area contributed by atoms with Crippen LogP contribution in [-0.4, -0.2) is 24.9 Å². The van der Waals surface area contributed by atoms with Crippen LogP contribution in [0.1, 0.15) is 58.9 Å². The molecule has 1 aromatic carbocycles. The Kier molecular flexibility index (Phi) is 7.20. The van der Waals surface area contributed by atoms with Crippen molar-refractivity contribution >= 4 is 77.9 Å². The number of halogens is 2. The molecule has 0 unspecified atom stereocenters. The minimum atomic E-state index is -0.148. The summed E-state index contributed by atoms with van der Waals surface area (Å²) in [5, 5.41) is 8.35. The molecule has 0 aliphatic heterocycles. The predicted octanol–water partition coefficient (Wildman–Crippen LogP) is 6.48. The van der Waals surface area contributed by atoms with Gasteiger partial charge in [-0.25, -0.2) is 0 Å². The van der Waals surface area contributed by atoms with E-state index < -0.39 is 0 Å². The molecule has 150 valence electrons. The van der Waals surface area contributed by atoms with Gasteiger partial charge in [-0.05, 0) is 25.0 Å². The van der Waals surface area contributed by atoms with Gasteiger partial charge in [0, 0.05) is 33.3 Å². The van der Waals surface area contributed by atoms with Gasteiger partial charge in [0.1, 0.15) is 9.75 Å². The van der Waals surface area contributed by atoms with Gasteiger partial charge in [-0.2, -0.15) is 0 Å². The van der Waals surface area contributed by atoms with Crippen LogP contribution >= 0.6 is 45.9 Å². The summed E-state index contributed by atoms with van der Waals surface area (Å²) in [5.41, 5.74) is 0. The van der Waals surface area contributed by atoms with Crippen LogP contribution in [0.3, 0.4) is 0 Å². The second-order valence-corrected chi connectivity index (χ2v) is 9.41. The largest absolute Gasteiger partial charge is 0.351 e. The van der Waals surface area contributed by atoms with E-state index in [0.29, 0.717) is 32.9 Å². The molecule has 2 heterocycles. The quantitative estimate of drug-likeness (QED) is 0.380. The molecule has 2 amide bonds. The van der Waals surface area contributed by atoms with Crippen molar-refractivity contribution in [2.24, 2.45) is 0 Å². The minimum Gasteiger partial charge on any atom is -0.351 e. The molecular formula is C20H22Cl2N2O2S2. The second kappa shape index (κ2) is 9.44. The predicted molar refractivity (Wildman–Crippen MR) is 122 cm³/mol. The molecule has 3 rings (SSSR count). The van der Waals surface area contributed by atoms with Crippen molar-refractivity contribution < 1.29 is 9.59 Å². The normalized spacial score (nSPS) is 11.3. The molecule has 0 spiro atoms. The first-order valence-corrected chi connectivity index (χ1v) is 11.8. The summed E-state index contributed by atoms with van der Waals surface area (Å²) in [5.74, 6) is -0.296. The number of hydrogen-bond donors (Lipinski definition) is 2. The molecule has 2 N–H and O–H groups in total. The van der Waals surface area contributed by atoms with Crippen molar-refractivity contribution in [2.75, 3.05) is 13.1 Å². The van der Waals surface area contributed by atoms with Crippen LogP contribution in [0.4, 0.5) is 0 Å². The fraction of sp³-hybridized carbons (Fsp3) is 0.400. The molecule has 0 atom stereocenters. The van der Waals surface area contributed by atoms with Gasteiger partial charge in [-0.15, -0.1) is 22.7 Å². The third kappa shape index (κ3) is 4.30. The van der Waals surface area contributed by atoms with Crippen molar-refractivity contribution in [1.29, 1.82) is 0 Å². The first kappa shape index (κ1) is 21.4. The number of fused-ring (bicyclic) bond motifs is 2. The molecule has 0 aliphatic rings. The van der Waals surface area contributed by atoms with Crippen molar-refractivity contribution in [3.63, 3.8) is 0 Å². The number of carbonyl (C=O) groups excluding carboxylic acids is 2. The number of nitrogens with one attached hydrogen (secondary N) is 2. The van der Waals surface area contributed by atoms with Crippen molar-refractivity contribution in [3.05, 3.63) is 31.9 Å². The number of hydrogen-bond acceptors (Lipinski definition) is 4. The zero-order chi connectivity index (χ0) is 20.3. The van der Waals surface area contributed by atoms with E-state index in [1.165, 1.54) is 22.7 Å². The maximum absolute atomic E-state index is 12.4. The summed E-state index contributed by atoms with van der Waals surface area (Å²) in [6.45, 7) is 5.43. The highest BCUT2D eigenvalue weighted by Crippen LogP contribution is 2.43. The third-order valence-corrected chi connectivity index (χ3v) is 7.73. The fourth-order valence-corrected chi connectivity index (χ4v) is 5.73. The van der Waals surface area contributed by atoms with E-state index in [-0.39, 0.29) is 11.8 Å². The Morgan fingerprint density at radius 3 is 1.57 bits per heavy atom. The van der Waals surface area contributed by atoms with Crippen LogP contribution in [0.15, 0.2) is 12.1 Å². The monoisotopic (exact) mass is 456 g/mol. The smallest absolute Gasteiger partial charge is 0.262 e. The van der Waals surface area contributed by atoms with Crippen LogP contribution < -0.4 is 10.6 Å². The Balaban J connectivity index is 1.93. The fourth-order valence-electron chi connectivity index (χ4n) is 2.84. The van der Waals surface area contributed by atoms with Crippen molar-refractivity contribution in [1.82, 2.24) is 10.6 Å². The summed E-state index contributed by atoms with van der Waals surface area (Å²) in [6.07, 6.45) is 3.90. The summed E-state index contributed by atoms with van der Waals surface area (Å²) >= 11 is 15.7. The number of unbranched alkanes of at least 4 members (excludes halogenated alkanes) is 2. The number of rotatable bonds is 8. The lowest BCUT2D eigenvalue weighted by Crippen LogP contribution is -2.23. The molecule has 28 heavy (non-hydrogen) atoms. The molecule has 0 saturated heterocycles. The Hall–Kier alpha value is -1.34. The van der Waals surface area contributed by atoms with Crippen molar-refractivity contribution in [2.45, 2.75) is 39.5 Å². The summed E-state index contributed by atoms with van der Waals surface area (Å²) in [7, 11) is 0. The van der Waals surface area contributed by atoms with Gasteiger partial charge >= 0.3 is 0 Å². The summed E-state index contributed by atoms with van der Waals surface area (Å²) < 4.78 is 1.77. The third-order valence-electron chi connectivity index (χ3n) is 4.42. The second-order valence-electron chi connectivity index (χ2n) is 6.55. The number of carbonyl (C=O) groups is 2. The molecule has 0 fully saturated rings. The lowest BCUT2D eigenvalue weighted by atomic mass is 10.2. The molecule has 3 aromatic rings. The van der Waals surface area contributed by atoms with Gasteiger partial charge < -0.3 is 10.6 Å². The topological polar surface area (TPSA) is 58.2 Å². The van der Waals surface area contributed by atoms with Gasteiger partial charge in [-0.1, -0.05) is 49.9 Å². The molecule has 2 aromatic heterocycles. The molecule has 4 nitrogen and oxygen atoms in total. The highest BCUT2D eigenvalue weighted by Gasteiger charge is 2.21. The van der Waals surface area contributed by atoms with E-state index in [1.807, 2.05) is 12.1 Å². The Labute approximate surface area is 182 Å². The maximum Gasteiger partial charge on any atom is 0.262 e. The Morgan fingerprint density at radius 1 is 0.821 bits per heavy atom. The van der Waals surface area contributed by atoms with Crippen LogP contribution in [-0.2, 0) is 0 Å². The van der Waals surface area contributed by atoms with E-state index >= 15 is 0 Å². The van der Waals surface area contributed by atoms with Gasteiger partial charge in [0.25, 0.3) is 11.8 Å². The summed E-state index contributed by atoms with van der Waals surface area (Å²) in [6, 6.07) is 3.84. The standard InChI is InChI=1S/C20H22Cl2N2O2S2/c1-3-5-7-23-19(25)17-15(21)11-9-14-12(10-13(11)27-17)16(22)18(28-14)20(26)24-8-6-4-2/h9-10H,3-8H2,1-2H3,(H,23,25)(H,24,26). The van der Waals surface area contributed by atoms with Gasteiger partial charge in [0.05, 0.1) is 10.0 Å². The number of benzene rings is 1. The van der Waals surface area contributed by atoms with Gasteiger partial charge in [-0.3, -0.25) is 9.59 Å². The van der Waals surface area contributed by atoms with Crippen LogP contribution in [0.5, 0.6) is 0 Å². The lowest BCUT2D eigenvalue weighted by Gasteiger charge is -2.02. The maximum atomic E-state index is 12.4. The molecule has 0 saturated carbocycles. The first-order chi connectivity index (χ1) is 13.5. The van der Waals surface area contributed by atoms with Gasteiger partial charge in [0.2, 0.25) is 0 Å². The minimum absolute atomic E-state index is 0.148. The Morgan fingerprint density at radius 2 is 1.21 bits per heavy atom. The zero-order valence-corrected chi connectivity index (χ0v) is 18.9. The van der Waals surface area contributed by atoms with Crippen molar-refractivity contribution in [3.8, 4) is 0 Å². The highest BCUT2D eigenvalue weighted by atomic mass is 35.5. The average Bonchev–Trinajstić information content (AvgIpc) is 3.18. The van der Waals surface area contributed by atoms with Gasteiger partial charge in [0.15, 0.2) is 0 Å². The molecule has 8 heteroatoms. The van der Waals surface area contributed by atoms with E-state index in [0.717, 1.165) is 45.9 Å². The van der Waals surface area contributed by atoms with E-state index in [9.17, 15) is 9.59 Å². The number of thiophene rings is 2. The van der Waals surface area contributed by atoms with Crippen LogP contribution in [0.2, 0.25) is 10.0 Å². The highest BCUT2D eigenvalue weighted by molar-refractivity contribution is 7.23. The van der Waals surface area contributed by atoms with Crippen LogP contribution in [0.25, 0.3) is 20.2 Å². The van der Waals surface area contributed by atoms with E-state index in [1.54, 1.807) is 0 Å². The molecule has 0 aliphatic carbocycles. The van der Waals surface area contributed by atoms with Crippen LogP contribution in [0, 0.1) is 0 Å². The number of amides is 2. The summed E-state index contributed by atoms with van der Waals surface area (Å²) in [4.78, 5) is 25.9. The Bertz CT molecular complexity index is 944. The molecular weight excluding hydrogens is 435 g/mol. The SMILES string of the molecule is CCCCNC(=O)c1sc2cc3c(Cl)c(C(=O)NCCCC)sc3cc2c1Cl. The average molecular weight is 457 g/mol. The molecule has 0 radical (unpaired) electrons. The zero-order valence-electron chi connectivity index (χ0n) is 15.8. The first-order valence-electron chi connectivity index (χ1n) is 9.38. The lowest BCUT2D eigenvalue weighted by molar-refractivity contribution is 0.0949. The van der Waals surface area contributed by atoms with E-state index in [4.69, 9.17) is 23.2 Å². The van der Waals surface area contributed by atoms with E-state index in [2.05, 4.69) is 24.5 Å². The molecule has 0 bridgehead atoms.